The molecule has 1 heterocycles. The van der Waals surface area contributed by atoms with E-state index in [0.717, 1.165) is 0 Å². The molecule has 0 atom stereocenters. The molecule has 2 rings (SSSR count). The van der Waals surface area contributed by atoms with Crippen LogP contribution in [-0.4, -0.2) is 33.0 Å². The van der Waals surface area contributed by atoms with Gasteiger partial charge in [0.05, 0.1) is 12.7 Å². The molecule has 0 saturated carbocycles. The monoisotopic (exact) mass is 233 g/mol. The van der Waals surface area contributed by atoms with E-state index in [1.54, 1.807) is 13.0 Å². The average molecular weight is 233 g/mol. The van der Waals surface area contributed by atoms with Crippen LogP contribution in [0.25, 0.3) is 5.69 Å². The van der Waals surface area contributed by atoms with E-state index in [1.807, 2.05) is 0 Å². The van der Waals surface area contributed by atoms with Gasteiger partial charge in [-0.05, 0) is 25.1 Å². The molecule has 0 unspecified atom stereocenters. The minimum absolute atomic E-state index is 0.175. The molecule has 0 saturated heterocycles. The van der Waals surface area contributed by atoms with Crippen molar-refractivity contribution in [3.05, 3.63) is 35.9 Å². The van der Waals surface area contributed by atoms with Crippen molar-refractivity contribution in [3.63, 3.8) is 0 Å². The van der Waals surface area contributed by atoms with E-state index in [2.05, 4.69) is 10.1 Å². The summed E-state index contributed by atoms with van der Waals surface area (Å²) in [6.45, 7) is 1.75. The number of methoxy groups -OCH3 is 1. The SMILES string of the molecule is COc1ccc(C(=O)O)cc1-n1cnc(C)n1. The third kappa shape index (κ3) is 2.10. The first-order valence-electron chi connectivity index (χ1n) is 4.92. The van der Waals surface area contributed by atoms with E-state index < -0.39 is 5.97 Å². The van der Waals surface area contributed by atoms with Crippen LogP contribution in [0.2, 0.25) is 0 Å². The number of carboxylic acids is 1. The summed E-state index contributed by atoms with van der Waals surface area (Å²) in [6.07, 6.45) is 1.51. The lowest BCUT2D eigenvalue weighted by Crippen LogP contribution is -2.03. The fourth-order valence-corrected chi connectivity index (χ4v) is 1.46. The van der Waals surface area contributed by atoms with E-state index in [1.165, 1.54) is 30.3 Å². The highest BCUT2D eigenvalue weighted by Crippen LogP contribution is 2.23. The molecule has 0 aliphatic carbocycles. The second-order valence-corrected chi connectivity index (χ2v) is 3.43. The average Bonchev–Trinajstić information content (AvgIpc) is 2.74. The second kappa shape index (κ2) is 4.25. The molecule has 1 aromatic carbocycles. The molecule has 6 heteroatoms. The molecule has 0 bridgehead atoms. The normalized spacial score (nSPS) is 10.2. The van der Waals surface area contributed by atoms with E-state index in [9.17, 15) is 4.79 Å². The molecule has 88 valence electrons. The van der Waals surface area contributed by atoms with Gasteiger partial charge in [0.1, 0.15) is 23.6 Å². The standard InChI is InChI=1S/C11H11N3O3/c1-7-12-6-14(13-7)9-5-8(11(15)16)3-4-10(9)17-2/h3-6H,1-2H3,(H,15,16). The highest BCUT2D eigenvalue weighted by molar-refractivity contribution is 5.88. The maximum absolute atomic E-state index is 10.9. The zero-order valence-electron chi connectivity index (χ0n) is 9.41. The first-order chi connectivity index (χ1) is 8.11. The van der Waals surface area contributed by atoms with Crippen molar-refractivity contribution >= 4 is 5.97 Å². The van der Waals surface area contributed by atoms with Crippen LogP contribution in [-0.2, 0) is 0 Å². The summed E-state index contributed by atoms with van der Waals surface area (Å²) in [5, 5.41) is 13.1. The molecule has 6 nitrogen and oxygen atoms in total. The Labute approximate surface area is 97.5 Å². The van der Waals surface area contributed by atoms with Crippen LogP contribution in [0.1, 0.15) is 16.2 Å². The summed E-state index contributed by atoms with van der Waals surface area (Å²) in [5.74, 6) is 0.151. The van der Waals surface area contributed by atoms with Gasteiger partial charge >= 0.3 is 5.97 Å². The Morgan fingerprint density at radius 2 is 2.24 bits per heavy atom. The van der Waals surface area contributed by atoms with Gasteiger partial charge in [-0.3, -0.25) is 0 Å². The third-order valence-electron chi connectivity index (χ3n) is 2.28. The molecular formula is C11H11N3O3. The number of nitrogens with zero attached hydrogens (tertiary/aromatic N) is 3. The molecule has 0 fully saturated rings. The van der Waals surface area contributed by atoms with Crippen molar-refractivity contribution in [2.24, 2.45) is 0 Å². The van der Waals surface area contributed by atoms with Crippen LogP contribution in [0, 0.1) is 6.92 Å². The van der Waals surface area contributed by atoms with Crippen LogP contribution in [0.15, 0.2) is 24.5 Å². The Hall–Kier alpha value is -2.37. The lowest BCUT2D eigenvalue weighted by Gasteiger charge is -2.08. The van der Waals surface area contributed by atoms with Crippen molar-refractivity contribution in [2.75, 3.05) is 7.11 Å². The Morgan fingerprint density at radius 3 is 2.76 bits per heavy atom. The Kier molecular flexibility index (Phi) is 2.78. The number of carboxylic acid groups (broad SMARTS) is 1. The highest BCUT2D eigenvalue weighted by atomic mass is 16.5. The van der Waals surface area contributed by atoms with Crippen LogP contribution in [0.4, 0.5) is 0 Å². The fourth-order valence-electron chi connectivity index (χ4n) is 1.46. The molecular weight excluding hydrogens is 222 g/mol. The summed E-state index contributed by atoms with van der Waals surface area (Å²) in [5.41, 5.74) is 0.724. The summed E-state index contributed by atoms with van der Waals surface area (Å²) in [7, 11) is 1.52. The topological polar surface area (TPSA) is 77.2 Å². The Balaban J connectivity index is 2.57. The first kappa shape index (κ1) is 11.1. The largest absolute Gasteiger partial charge is 0.494 e. The summed E-state index contributed by atoms with van der Waals surface area (Å²) in [6, 6.07) is 4.57. The number of carbonyl (C=O) groups is 1. The van der Waals surface area contributed by atoms with E-state index in [4.69, 9.17) is 9.84 Å². The molecule has 17 heavy (non-hydrogen) atoms. The fraction of sp³-hybridized carbons (Fsp3) is 0.182. The van der Waals surface area contributed by atoms with Crippen molar-refractivity contribution in [2.45, 2.75) is 6.92 Å². The minimum Gasteiger partial charge on any atom is -0.494 e. The van der Waals surface area contributed by atoms with E-state index in [-0.39, 0.29) is 5.56 Å². The van der Waals surface area contributed by atoms with Gasteiger partial charge < -0.3 is 9.84 Å². The Bertz CT molecular complexity index is 563. The van der Waals surface area contributed by atoms with Crippen LogP contribution < -0.4 is 4.74 Å². The molecule has 1 aromatic heterocycles. The highest BCUT2D eigenvalue weighted by Gasteiger charge is 2.11. The Morgan fingerprint density at radius 1 is 1.47 bits per heavy atom. The van der Waals surface area contributed by atoms with Crippen LogP contribution >= 0.6 is 0 Å². The molecule has 0 radical (unpaired) electrons. The number of aromatic carboxylic acids is 1. The first-order valence-corrected chi connectivity index (χ1v) is 4.92. The van der Waals surface area contributed by atoms with Gasteiger partial charge in [0.15, 0.2) is 0 Å². The van der Waals surface area contributed by atoms with Gasteiger partial charge in [0.25, 0.3) is 0 Å². The number of ether oxygens (including phenoxy) is 1. The van der Waals surface area contributed by atoms with Gasteiger partial charge in [-0.2, -0.15) is 5.10 Å². The molecule has 0 aliphatic rings. The van der Waals surface area contributed by atoms with Gasteiger partial charge in [-0.15, -0.1) is 0 Å². The number of benzene rings is 1. The van der Waals surface area contributed by atoms with E-state index >= 15 is 0 Å². The second-order valence-electron chi connectivity index (χ2n) is 3.43. The lowest BCUT2D eigenvalue weighted by molar-refractivity contribution is 0.0697. The van der Waals surface area contributed by atoms with Crippen molar-refractivity contribution < 1.29 is 14.6 Å². The molecule has 0 amide bonds. The third-order valence-corrected chi connectivity index (χ3v) is 2.28. The summed E-state index contributed by atoms with van der Waals surface area (Å²) in [4.78, 5) is 14.9. The summed E-state index contributed by atoms with van der Waals surface area (Å²) >= 11 is 0. The molecule has 0 aliphatic heterocycles. The zero-order chi connectivity index (χ0) is 12.4. The predicted molar refractivity (Wildman–Crippen MR) is 59.6 cm³/mol. The smallest absolute Gasteiger partial charge is 0.335 e. The lowest BCUT2D eigenvalue weighted by atomic mass is 10.2. The predicted octanol–water partition coefficient (Wildman–Crippen LogP) is 1.28. The maximum atomic E-state index is 10.9. The summed E-state index contributed by atoms with van der Waals surface area (Å²) < 4.78 is 6.65. The molecule has 1 N–H and O–H groups in total. The van der Waals surface area contributed by atoms with Crippen LogP contribution in [0.5, 0.6) is 5.75 Å². The van der Waals surface area contributed by atoms with Crippen LogP contribution in [0.3, 0.4) is 0 Å². The van der Waals surface area contributed by atoms with Crippen molar-refractivity contribution in [1.29, 1.82) is 0 Å². The van der Waals surface area contributed by atoms with Crippen molar-refractivity contribution in [1.82, 2.24) is 14.8 Å². The number of aryl methyl sites for hydroxylation is 1. The minimum atomic E-state index is -0.995. The number of rotatable bonds is 3. The molecule has 0 spiro atoms. The van der Waals surface area contributed by atoms with Gasteiger partial charge in [-0.25, -0.2) is 14.5 Å². The maximum Gasteiger partial charge on any atom is 0.335 e. The van der Waals surface area contributed by atoms with Gasteiger partial charge in [0.2, 0.25) is 0 Å². The van der Waals surface area contributed by atoms with E-state index in [0.29, 0.717) is 17.3 Å². The quantitative estimate of drug-likeness (QED) is 0.864. The molecule has 2 aromatic rings. The number of hydrogen-bond donors (Lipinski definition) is 1. The van der Waals surface area contributed by atoms with Gasteiger partial charge in [-0.1, -0.05) is 0 Å². The number of hydrogen-bond acceptors (Lipinski definition) is 4. The zero-order valence-corrected chi connectivity index (χ0v) is 9.41. The number of aromatic nitrogens is 3. The van der Waals surface area contributed by atoms with Crippen molar-refractivity contribution in [3.8, 4) is 11.4 Å². The van der Waals surface area contributed by atoms with Gasteiger partial charge in [0, 0.05) is 0 Å².